The van der Waals surface area contributed by atoms with Crippen LogP contribution in [0.1, 0.15) is 32.7 Å². The molecule has 1 aliphatic rings. The van der Waals surface area contributed by atoms with Crippen LogP contribution in [0, 0.1) is 5.92 Å². The number of nitrogens with zero attached hydrogens (tertiary/aromatic N) is 2. The summed E-state index contributed by atoms with van der Waals surface area (Å²) in [6.07, 6.45) is 5.33. The van der Waals surface area contributed by atoms with Gasteiger partial charge in [-0.05, 0) is 31.8 Å². The van der Waals surface area contributed by atoms with Crippen molar-refractivity contribution in [3.05, 3.63) is 12.4 Å². The molecule has 1 saturated heterocycles. The second-order valence-electron chi connectivity index (χ2n) is 5.54. The molecule has 1 aromatic heterocycles. The normalized spacial score (nSPS) is 17.6. The summed E-state index contributed by atoms with van der Waals surface area (Å²) >= 11 is 0. The van der Waals surface area contributed by atoms with Crippen molar-refractivity contribution in [3.8, 4) is 0 Å². The fourth-order valence-electron chi connectivity index (χ4n) is 2.13. The van der Waals surface area contributed by atoms with E-state index >= 15 is 0 Å². The maximum absolute atomic E-state index is 11.8. The average molecular weight is 301 g/mol. The van der Waals surface area contributed by atoms with Crippen LogP contribution in [0.4, 0.5) is 5.69 Å². The number of hydrogen-bond donors (Lipinski definition) is 3. The quantitative estimate of drug-likeness (QED) is 0.722. The molecular formula is C12H23N5O2S. The lowest BCUT2D eigenvalue weighted by Crippen LogP contribution is -2.32. The Hall–Kier alpha value is -1.12. The van der Waals surface area contributed by atoms with Crippen molar-refractivity contribution in [2.45, 2.75) is 32.7 Å². The summed E-state index contributed by atoms with van der Waals surface area (Å²) in [4.78, 5) is 0. The van der Waals surface area contributed by atoms with Gasteiger partial charge >= 0.3 is 0 Å². The van der Waals surface area contributed by atoms with Gasteiger partial charge in [0, 0.05) is 12.7 Å². The molecule has 3 N–H and O–H groups in total. The highest BCUT2D eigenvalue weighted by Crippen LogP contribution is 2.19. The van der Waals surface area contributed by atoms with E-state index in [0.29, 0.717) is 18.3 Å². The Morgan fingerprint density at radius 2 is 2.15 bits per heavy atom. The number of anilines is 1. The third kappa shape index (κ3) is 4.46. The first-order valence-corrected chi connectivity index (χ1v) is 8.47. The van der Waals surface area contributed by atoms with Crippen LogP contribution in [0.2, 0.25) is 0 Å². The Morgan fingerprint density at radius 3 is 2.80 bits per heavy atom. The maximum atomic E-state index is 11.8. The molecule has 1 aliphatic heterocycles. The highest BCUT2D eigenvalue weighted by Gasteiger charge is 2.17. The molecule has 0 amide bonds. The zero-order valence-electron chi connectivity index (χ0n) is 12.0. The van der Waals surface area contributed by atoms with Crippen molar-refractivity contribution in [1.82, 2.24) is 19.8 Å². The largest absolute Gasteiger partial charge is 0.317 e. The molecular weight excluding hydrogens is 278 g/mol. The molecule has 0 unspecified atom stereocenters. The van der Waals surface area contributed by atoms with Crippen molar-refractivity contribution >= 4 is 15.9 Å². The van der Waals surface area contributed by atoms with Crippen LogP contribution in [0.5, 0.6) is 0 Å². The van der Waals surface area contributed by atoms with Gasteiger partial charge in [-0.25, -0.2) is 0 Å². The lowest BCUT2D eigenvalue weighted by Gasteiger charge is -2.22. The minimum absolute atomic E-state index is 0.268. The number of nitrogens with one attached hydrogen (secondary N) is 3. The minimum atomic E-state index is -3.51. The molecule has 1 aromatic rings. The predicted octanol–water partition coefficient (Wildman–Crippen LogP) is 0.710. The molecule has 20 heavy (non-hydrogen) atoms. The first-order chi connectivity index (χ1) is 9.46. The van der Waals surface area contributed by atoms with E-state index in [1.54, 1.807) is 12.4 Å². The SMILES string of the molecule is CC(C)CNS(=O)(=O)Nc1cnn(C2CCNCC2)c1. The summed E-state index contributed by atoms with van der Waals surface area (Å²) < 4.78 is 30.5. The molecule has 0 spiro atoms. The van der Waals surface area contributed by atoms with E-state index in [0.717, 1.165) is 25.9 Å². The van der Waals surface area contributed by atoms with E-state index < -0.39 is 10.2 Å². The fourth-order valence-corrected chi connectivity index (χ4v) is 3.17. The summed E-state index contributed by atoms with van der Waals surface area (Å²) in [5.74, 6) is 0.268. The smallest absolute Gasteiger partial charge is 0.299 e. The second kappa shape index (κ2) is 6.55. The van der Waals surface area contributed by atoms with Gasteiger partial charge in [-0.2, -0.15) is 18.2 Å². The maximum Gasteiger partial charge on any atom is 0.299 e. The summed E-state index contributed by atoms with van der Waals surface area (Å²) in [6, 6.07) is 0.345. The highest BCUT2D eigenvalue weighted by molar-refractivity contribution is 7.90. The monoisotopic (exact) mass is 301 g/mol. The Bertz CT molecular complexity index is 520. The number of rotatable bonds is 6. The van der Waals surface area contributed by atoms with Crippen LogP contribution in [0.3, 0.4) is 0 Å². The molecule has 2 heterocycles. The molecule has 114 valence electrons. The molecule has 1 fully saturated rings. The summed E-state index contributed by atoms with van der Waals surface area (Å²) in [5.41, 5.74) is 0.500. The first-order valence-electron chi connectivity index (χ1n) is 6.98. The predicted molar refractivity (Wildman–Crippen MR) is 78.8 cm³/mol. The second-order valence-corrected chi connectivity index (χ2v) is 7.04. The lowest BCUT2D eigenvalue weighted by molar-refractivity contribution is 0.343. The van der Waals surface area contributed by atoms with Gasteiger partial charge in [0.05, 0.1) is 17.9 Å². The van der Waals surface area contributed by atoms with Gasteiger partial charge in [0.15, 0.2) is 0 Å². The molecule has 0 aromatic carbocycles. The topological polar surface area (TPSA) is 88.1 Å². The van der Waals surface area contributed by atoms with E-state index in [1.807, 2.05) is 18.5 Å². The van der Waals surface area contributed by atoms with Crippen LogP contribution in [-0.2, 0) is 10.2 Å². The third-order valence-electron chi connectivity index (χ3n) is 3.22. The molecule has 8 heteroatoms. The van der Waals surface area contributed by atoms with Gasteiger partial charge in [0.25, 0.3) is 10.2 Å². The Morgan fingerprint density at radius 1 is 1.45 bits per heavy atom. The zero-order valence-corrected chi connectivity index (χ0v) is 12.8. The summed E-state index contributed by atoms with van der Waals surface area (Å²) in [5, 5.41) is 7.55. The molecule has 2 rings (SSSR count). The van der Waals surface area contributed by atoms with Gasteiger partial charge in [-0.15, -0.1) is 0 Å². The Balaban J connectivity index is 1.95. The van der Waals surface area contributed by atoms with Gasteiger partial charge in [-0.3, -0.25) is 9.40 Å². The van der Waals surface area contributed by atoms with Crippen LogP contribution in [-0.4, -0.2) is 37.8 Å². The molecule has 0 aliphatic carbocycles. The van der Waals surface area contributed by atoms with E-state index in [1.165, 1.54) is 0 Å². The Labute approximate surface area is 120 Å². The Kier molecular flexibility index (Phi) is 5.00. The van der Waals surface area contributed by atoms with E-state index in [-0.39, 0.29) is 5.92 Å². The minimum Gasteiger partial charge on any atom is -0.317 e. The number of piperidine rings is 1. The first kappa shape index (κ1) is 15.3. The van der Waals surface area contributed by atoms with Crippen molar-refractivity contribution in [2.75, 3.05) is 24.4 Å². The zero-order chi connectivity index (χ0) is 14.6. The fraction of sp³-hybridized carbons (Fsp3) is 0.750. The van der Waals surface area contributed by atoms with E-state index in [2.05, 4.69) is 19.9 Å². The van der Waals surface area contributed by atoms with Gasteiger partial charge in [0.1, 0.15) is 0 Å². The van der Waals surface area contributed by atoms with E-state index in [4.69, 9.17) is 0 Å². The van der Waals surface area contributed by atoms with Gasteiger partial charge < -0.3 is 5.32 Å². The van der Waals surface area contributed by atoms with Crippen molar-refractivity contribution in [3.63, 3.8) is 0 Å². The van der Waals surface area contributed by atoms with Gasteiger partial charge in [0.2, 0.25) is 0 Å². The van der Waals surface area contributed by atoms with Crippen LogP contribution >= 0.6 is 0 Å². The van der Waals surface area contributed by atoms with Crippen molar-refractivity contribution in [2.24, 2.45) is 5.92 Å². The highest BCUT2D eigenvalue weighted by atomic mass is 32.2. The molecule has 7 nitrogen and oxygen atoms in total. The van der Waals surface area contributed by atoms with Gasteiger partial charge in [-0.1, -0.05) is 13.8 Å². The summed E-state index contributed by atoms with van der Waals surface area (Å²) in [6.45, 7) is 6.27. The molecule has 0 atom stereocenters. The van der Waals surface area contributed by atoms with Crippen molar-refractivity contribution < 1.29 is 8.42 Å². The van der Waals surface area contributed by atoms with E-state index in [9.17, 15) is 8.42 Å². The van der Waals surface area contributed by atoms with Crippen LogP contribution in [0.25, 0.3) is 0 Å². The molecule has 0 radical (unpaired) electrons. The lowest BCUT2D eigenvalue weighted by atomic mass is 10.1. The van der Waals surface area contributed by atoms with Crippen LogP contribution < -0.4 is 14.8 Å². The number of hydrogen-bond acceptors (Lipinski definition) is 4. The molecule has 0 bridgehead atoms. The summed E-state index contributed by atoms with van der Waals surface area (Å²) in [7, 11) is -3.51. The number of aromatic nitrogens is 2. The van der Waals surface area contributed by atoms with Crippen molar-refractivity contribution in [1.29, 1.82) is 0 Å². The standard InChI is InChI=1S/C12H23N5O2S/c1-10(2)7-15-20(18,19)16-11-8-14-17(9-11)12-3-5-13-6-4-12/h8-10,12-13,15-16H,3-7H2,1-2H3. The average Bonchev–Trinajstić information content (AvgIpc) is 2.85. The molecule has 0 saturated carbocycles. The third-order valence-corrected chi connectivity index (χ3v) is 4.27. The van der Waals surface area contributed by atoms with Crippen LogP contribution in [0.15, 0.2) is 12.4 Å².